The molecular weight excluding hydrogens is 326 g/mol. The van der Waals surface area contributed by atoms with E-state index >= 15 is 0 Å². The zero-order valence-corrected chi connectivity index (χ0v) is 12.4. The van der Waals surface area contributed by atoms with Gasteiger partial charge in [-0.1, -0.05) is 24.3 Å². The Bertz CT molecular complexity index is 589. The van der Waals surface area contributed by atoms with Crippen molar-refractivity contribution in [2.45, 2.75) is 17.2 Å². The average molecular weight is 338 g/mol. The predicted molar refractivity (Wildman–Crippen MR) is 79.3 cm³/mol. The van der Waals surface area contributed by atoms with Crippen LogP contribution in [0.15, 0.2) is 52.1 Å². The maximum absolute atomic E-state index is 10.8. The SMILES string of the molecule is O=C(O)Cc1ccccc1CSc1ncccc1Br. The number of carboxylic acid groups (broad SMARTS) is 1. The van der Waals surface area contributed by atoms with E-state index in [-0.39, 0.29) is 6.42 Å². The third-order valence-electron chi connectivity index (χ3n) is 2.55. The van der Waals surface area contributed by atoms with Gasteiger partial charge in [0.25, 0.3) is 0 Å². The topological polar surface area (TPSA) is 50.2 Å². The summed E-state index contributed by atoms with van der Waals surface area (Å²) >= 11 is 5.04. The number of halogens is 1. The zero-order chi connectivity index (χ0) is 13.7. The van der Waals surface area contributed by atoms with Gasteiger partial charge in [-0.15, -0.1) is 11.8 Å². The lowest BCUT2D eigenvalue weighted by Crippen LogP contribution is -2.02. The number of carboxylic acids is 1. The number of aliphatic carboxylic acids is 1. The first kappa shape index (κ1) is 14.1. The molecule has 19 heavy (non-hydrogen) atoms. The van der Waals surface area contributed by atoms with E-state index in [4.69, 9.17) is 5.11 Å². The number of nitrogens with zero attached hydrogens (tertiary/aromatic N) is 1. The number of hydrogen-bond acceptors (Lipinski definition) is 3. The van der Waals surface area contributed by atoms with Gasteiger partial charge in [0.05, 0.1) is 6.42 Å². The molecule has 0 aliphatic carbocycles. The zero-order valence-electron chi connectivity index (χ0n) is 10.0. The second kappa shape index (κ2) is 6.73. The van der Waals surface area contributed by atoms with Crippen LogP contribution in [0.4, 0.5) is 0 Å². The highest BCUT2D eigenvalue weighted by Gasteiger charge is 2.08. The Labute approximate surface area is 124 Å². The molecule has 0 bridgehead atoms. The largest absolute Gasteiger partial charge is 0.481 e. The molecule has 1 aromatic heterocycles. The average Bonchev–Trinajstić information content (AvgIpc) is 2.39. The summed E-state index contributed by atoms with van der Waals surface area (Å²) in [6.07, 6.45) is 1.80. The maximum atomic E-state index is 10.8. The molecule has 2 rings (SSSR count). The van der Waals surface area contributed by atoms with Crippen molar-refractivity contribution in [3.05, 3.63) is 58.2 Å². The van der Waals surface area contributed by atoms with E-state index in [0.717, 1.165) is 20.6 Å². The third-order valence-corrected chi connectivity index (χ3v) is 4.51. The van der Waals surface area contributed by atoms with Crippen LogP contribution in [0.5, 0.6) is 0 Å². The third kappa shape index (κ3) is 4.08. The minimum Gasteiger partial charge on any atom is -0.481 e. The number of pyridine rings is 1. The van der Waals surface area contributed by atoms with Crippen LogP contribution in [0, 0.1) is 0 Å². The van der Waals surface area contributed by atoms with Crippen molar-refractivity contribution in [2.24, 2.45) is 0 Å². The first-order valence-corrected chi connectivity index (χ1v) is 7.46. The summed E-state index contributed by atoms with van der Waals surface area (Å²) in [5.41, 5.74) is 1.89. The Morgan fingerprint density at radius 3 is 2.63 bits per heavy atom. The fourth-order valence-electron chi connectivity index (χ4n) is 1.66. The second-order valence-electron chi connectivity index (χ2n) is 3.92. The van der Waals surface area contributed by atoms with Crippen molar-refractivity contribution in [3.8, 4) is 0 Å². The van der Waals surface area contributed by atoms with Gasteiger partial charge in [-0.05, 0) is 39.2 Å². The monoisotopic (exact) mass is 337 g/mol. The first-order chi connectivity index (χ1) is 9.16. The van der Waals surface area contributed by atoms with E-state index < -0.39 is 5.97 Å². The van der Waals surface area contributed by atoms with E-state index in [2.05, 4.69) is 20.9 Å². The van der Waals surface area contributed by atoms with Crippen molar-refractivity contribution in [1.29, 1.82) is 0 Å². The Balaban J connectivity index is 2.11. The Morgan fingerprint density at radius 1 is 1.21 bits per heavy atom. The number of rotatable bonds is 5. The molecule has 1 heterocycles. The number of benzene rings is 1. The van der Waals surface area contributed by atoms with E-state index in [1.165, 1.54) is 0 Å². The van der Waals surface area contributed by atoms with Crippen LogP contribution < -0.4 is 0 Å². The van der Waals surface area contributed by atoms with Crippen molar-refractivity contribution < 1.29 is 9.90 Å². The minimum absolute atomic E-state index is 0.0557. The van der Waals surface area contributed by atoms with E-state index in [0.29, 0.717) is 5.75 Å². The molecule has 0 aliphatic heterocycles. The molecule has 2 aromatic rings. The highest BCUT2D eigenvalue weighted by Crippen LogP contribution is 2.28. The molecule has 0 atom stereocenters. The lowest BCUT2D eigenvalue weighted by Gasteiger charge is -2.07. The molecule has 0 saturated heterocycles. The van der Waals surface area contributed by atoms with Crippen LogP contribution in [0.1, 0.15) is 11.1 Å². The smallest absolute Gasteiger partial charge is 0.307 e. The molecule has 0 spiro atoms. The summed E-state index contributed by atoms with van der Waals surface area (Å²) in [5, 5.41) is 9.80. The Morgan fingerprint density at radius 2 is 1.95 bits per heavy atom. The van der Waals surface area contributed by atoms with Crippen LogP contribution in [-0.4, -0.2) is 16.1 Å². The maximum Gasteiger partial charge on any atom is 0.307 e. The molecule has 0 radical (unpaired) electrons. The summed E-state index contributed by atoms with van der Waals surface area (Å²) in [4.78, 5) is 15.1. The summed E-state index contributed by atoms with van der Waals surface area (Å²) in [5.74, 6) is -0.101. The van der Waals surface area contributed by atoms with Crippen molar-refractivity contribution in [3.63, 3.8) is 0 Å². The Hall–Kier alpha value is -1.33. The van der Waals surface area contributed by atoms with Gasteiger partial charge in [-0.25, -0.2) is 4.98 Å². The van der Waals surface area contributed by atoms with Gasteiger partial charge in [-0.2, -0.15) is 0 Å². The summed E-state index contributed by atoms with van der Waals surface area (Å²) < 4.78 is 0.954. The van der Waals surface area contributed by atoms with Gasteiger partial charge in [-0.3, -0.25) is 4.79 Å². The molecule has 0 aliphatic rings. The fraction of sp³-hybridized carbons (Fsp3) is 0.143. The van der Waals surface area contributed by atoms with Crippen molar-refractivity contribution >= 4 is 33.7 Å². The van der Waals surface area contributed by atoms with E-state index in [1.807, 2.05) is 36.4 Å². The number of hydrogen-bond donors (Lipinski definition) is 1. The standard InChI is InChI=1S/C14H12BrNO2S/c15-12-6-3-7-16-14(12)19-9-11-5-2-1-4-10(11)8-13(17)18/h1-7H,8-9H2,(H,17,18). The lowest BCUT2D eigenvalue weighted by molar-refractivity contribution is -0.136. The van der Waals surface area contributed by atoms with Crippen molar-refractivity contribution in [1.82, 2.24) is 4.98 Å². The van der Waals surface area contributed by atoms with E-state index in [9.17, 15) is 4.79 Å². The molecule has 3 nitrogen and oxygen atoms in total. The minimum atomic E-state index is -0.809. The Kier molecular flexibility index (Phi) is 4.99. The highest BCUT2D eigenvalue weighted by molar-refractivity contribution is 9.10. The second-order valence-corrected chi connectivity index (χ2v) is 5.74. The molecule has 1 N–H and O–H groups in total. The number of carbonyl (C=O) groups is 1. The van der Waals surface area contributed by atoms with Gasteiger partial charge >= 0.3 is 5.97 Å². The summed E-state index contributed by atoms with van der Waals surface area (Å²) in [7, 11) is 0. The van der Waals surface area contributed by atoms with Crippen LogP contribution in [0.25, 0.3) is 0 Å². The number of aromatic nitrogens is 1. The van der Waals surface area contributed by atoms with Gasteiger partial charge in [0.15, 0.2) is 0 Å². The molecular formula is C14H12BrNO2S. The van der Waals surface area contributed by atoms with Crippen LogP contribution in [-0.2, 0) is 17.0 Å². The predicted octanol–water partition coefficient (Wildman–Crippen LogP) is 3.76. The van der Waals surface area contributed by atoms with Crippen LogP contribution in [0.2, 0.25) is 0 Å². The molecule has 5 heteroatoms. The van der Waals surface area contributed by atoms with Crippen molar-refractivity contribution in [2.75, 3.05) is 0 Å². The van der Waals surface area contributed by atoms with Gasteiger partial charge in [0, 0.05) is 16.4 Å². The van der Waals surface area contributed by atoms with Crippen LogP contribution >= 0.6 is 27.7 Å². The van der Waals surface area contributed by atoms with Gasteiger partial charge in [0.2, 0.25) is 0 Å². The van der Waals surface area contributed by atoms with E-state index in [1.54, 1.807) is 18.0 Å². The fourth-order valence-corrected chi connectivity index (χ4v) is 3.17. The molecule has 98 valence electrons. The van der Waals surface area contributed by atoms with Crippen LogP contribution in [0.3, 0.4) is 0 Å². The van der Waals surface area contributed by atoms with Gasteiger partial charge in [0.1, 0.15) is 5.03 Å². The lowest BCUT2D eigenvalue weighted by atomic mass is 10.1. The molecule has 0 unspecified atom stereocenters. The molecule has 0 amide bonds. The highest BCUT2D eigenvalue weighted by atomic mass is 79.9. The quantitative estimate of drug-likeness (QED) is 0.844. The summed E-state index contributed by atoms with van der Waals surface area (Å²) in [6, 6.07) is 11.4. The molecule has 0 saturated carbocycles. The number of thioether (sulfide) groups is 1. The summed E-state index contributed by atoms with van der Waals surface area (Å²) in [6.45, 7) is 0. The molecule has 1 aromatic carbocycles. The van der Waals surface area contributed by atoms with Gasteiger partial charge < -0.3 is 5.11 Å². The normalized spacial score (nSPS) is 10.4. The molecule has 0 fully saturated rings. The first-order valence-electron chi connectivity index (χ1n) is 5.68.